The SMILES string of the molecule is CC[Si](CC)(CC)OC(C)(C)CCCC1(C)C(OC(=S)Oc2ccccc2)CC2(CC=C(C)C)C(=O)C1C(=O)C=C2OC. The summed E-state index contributed by atoms with van der Waals surface area (Å²) >= 11 is 5.59. The Bertz CT molecular complexity index is 1210. The summed E-state index contributed by atoms with van der Waals surface area (Å²) in [4.78, 5) is 28.2. The van der Waals surface area contributed by atoms with Crippen LogP contribution in [0.1, 0.15) is 87.5 Å². The summed E-state index contributed by atoms with van der Waals surface area (Å²) in [6.45, 7) is 17.1. The summed E-state index contributed by atoms with van der Waals surface area (Å²) in [5, 5.41) is -0.0177. The summed E-state index contributed by atoms with van der Waals surface area (Å²) in [5.41, 5.74) is -1.02. The number of fused-ring (bicyclic) bond motifs is 2. The van der Waals surface area contributed by atoms with Crippen LogP contribution in [0, 0.1) is 16.7 Å². The first-order valence-electron chi connectivity index (χ1n) is 15.8. The Balaban J connectivity index is 1.97. The first-order chi connectivity index (χ1) is 20.2. The summed E-state index contributed by atoms with van der Waals surface area (Å²) in [7, 11) is -0.284. The van der Waals surface area contributed by atoms with Crippen molar-refractivity contribution in [1.82, 2.24) is 0 Å². The molecule has 238 valence electrons. The van der Waals surface area contributed by atoms with Gasteiger partial charge in [0.15, 0.2) is 19.9 Å². The first-order valence-corrected chi connectivity index (χ1v) is 18.8. The molecule has 6 nitrogen and oxygen atoms in total. The van der Waals surface area contributed by atoms with E-state index in [2.05, 4.69) is 34.6 Å². The first kappa shape index (κ1) is 35.2. The molecule has 2 aliphatic carbocycles. The molecule has 0 amide bonds. The number of carbonyl (C=O) groups is 2. The molecular weight excluding hydrogens is 577 g/mol. The van der Waals surface area contributed by atoms with E-state index in [1.807, 2.05) is 57.2 Å². The number of allylic oxidation sites excluding steroid dienone is 4. The van der Waals surface area contributed by atoms with E-state index in [1.165, 1.54) is 7.11 Å². The van der Waals surface area contributed by atoms with Gasteiger partial charge < -0.3 is 18.6 Å². The number of para-hydroxylation sites is 1. The van der Waals surface area contributed by atoms with Gasteiger partial charge in [-0.05, 0) is 83.6 Å². The predicted molar refractivity (Wildman–Crippen MR) is 179 cm³/mol. The zero-order valence-corrected chi connectivity index (χ0v) is 29.5. The molecule has 0 spiro atoms. The van der Waals surface area contributed by atoms with E-state index in [0.29, 0.717) is 30.8 Å². The summed E-state index contributed by atoms with van der Waals surface area (Å²) < 4.78 is 25.0. The van der Waals surface area contributed by atoms with E-state index in [9.17, 15) is 9.59 Å². The van der Waals surface area contributed by atoms with Crippen LogP contribution in [-0.4, -0.2) is 43.9 Å². The third-order valence-electron chi connectivity index (χ3n) is 9.87. The quantitative estimate of drug-likeness (QED) is 0.0883. The second-order valence-corrected chi connectivity index (χ2v) is 18.4. The normalized spacial score (nSPS) is 25.6. The van der Waals surface area contributed by atoms with E-state index < -0.39 is 31.2 Å². The van der Waals surface area contributed by atoms with Crippen molar-refractivity contribution >= 4 is 37.3 Å². The third-order valence-corrected chi connectivity index (χ3v) is 14.9. The molecule has 0 radical (unpaired) electrons. The molecule has 8 heteroatoms. The van der Waals surface area contributed by atoms with Gasteiger partial charge in [-0.3, -0.25) is 9.59 Å². The zero-order chi connectivity index (χ0) is 32.1. The highest BCUT2D eigenvalue weighted by atomic mass is 32.1. The number of Topliss-reactive ketones (excluding diaryl/α,β-unsaturated/α-hetero) is 1. The van der Waals surface area contributed by atoms with Crippen molar-refractivity contribution in [3.63, 3.8) is 0 Å². The maximum atomic E-state index is 14.4. The molecule has 1 saturated carbocycles. The van der Waals surface area contributed by atoms with Crippen molar-refractivity contribution in [1.29, 1.82) is 0 Å². The molecular formula is C35H52O6SSi. The van der Waals surface area contributed by atoms with Crippen molar-refractivity contribution in [2.24, 2.45) is 16.7 Å². The van der Waals surface area contributed by atoms with Gasteiger partial charge >= 0.3 is 5.24 Å². The highest BCUT2D eigenvalue weighted by molar-refractivity contribution is 7.79. The number of hydrogen-bond acceptors (Lipinski definition) is 7. The van der Waals surface area contributed by atoms with Crippen LogP contribution >= 0.6 is 12.2 Å². The Morgan fingerprint density at radius 1 is 1.09 bits per heavy atom. The van der Waals surface area contributed by atoms with Gasteiger partial charge in [-0.1, -0.05) is 57.5 Å². The highest BCUT2D eigenvalue weighted by Crippen LogP contribution is 2.58. The summed E-state index contributed by atoms with van der Waals surface area (Å²) in [6.07, 6.45) is 6.01. The van der Waals surface area contributed by atoms with Gasteiger partial charge in [0.05, 0.1) is 24.0 Å². The largest absolute Gasteiger partial charge is 0.500 e. The van der Waals surface area contributed by atoms with Gasteiger partial charge in [0.1, 0.15) is 17.6 Å². The molecule has 1 fully saturated rings. The van der Waals surface area contributed by atoms with E-state index in [4.69, 9.17) is 30.9 Å². The van der Waals surface area contributed by atoms with Gasteiger partial charge in [0.2, 0.25) is 0 Å². The maximum absolute atomic E-state index is 14.4. The number of methoxy groups -OCH3 is 1. The lowest BCUT2D eigenvalue weighted by molar-refractivity contribution is -0.163. The Morgan fingerprint density at radius 3 is 2.28 bits per heavy atom. The topological polar surface area (TPSA) is 71.1 Å². The van der Waals surface area contributed by atoms with Gasteiger partial charge in [0, 0.05) is 30.1 Å². The summed E-state index contributed by atoms with van der Waals surface area (Å²) in [6, 6.07) is 12.5. The lowest BCUT2D eigenvalue weighted by Crippen LogP contribution is -2.62. The molecule has 43 heavy (non-hydrogen) atoms. The number of rotatable bonds is 14. The molecule has 0 N–H and O–H groups in total. The van der Waals surface area contributed by atoms with E-state index in [0.717, 1.165) is 36.5 Å². The van der Waals surface area contributed by atoms with Crippen LogP contribution in [0.5, 0.6) is 5.75 Å². The van der Waals surface area contributed by atoms with Gasteiger partial charge in [-0.15, -0.1) is 0 Å². The number of ketones is 2. The number of ether oxygens (including phenoxy) is 3. The molecule has 0 heterocycles. The van der Waals surface area contributed by atoms with Crippen LogP contribution < -0.4 is 4.74 Å². The Morgan fingerprint density at radius 2 is 1.72 bits per heavy atom. The fourth-order valence-electron chi connectivity index (χ4n) is 7.06. The molecule has 3 rings (SSSR count). The van der Waals surface area contributed by atoms with E-state index >= 15 is 0 Å². The fourth-order valence-corrected chi connectivity index (χ4v) is 10.5. The molecule has 1 aromatic rings. The molecule has 0 aliphatic heterocycles. The van der Waals surface area contributed by atoms with E-state index in [1.54, 1.807) is 6.08 Å². The summed E-state index contributed by atoms with van der Waals surface area (Å²) in [5.74, 6) is -0.212. The van der Waals surface area contributed by atoms with Gasteiger partial charge in [-0.25, -0.2) is 0 Å². The van der Waals surface area contributed by atoms with Crippen molar-refractivity contribution in [2.75, 3.05) is 7.11 Å². The molecule has 2 aliphatic rings. The van der Waals surface area contributed by atoms with Crippen LogP contribution in [0.15, 0.2) is 53.8 Å². The standard InChI is InChI=1S/C35H52O6SSi/c1-10-43(11-2,12-3)41-33(6,7)20-16-21-34(8)29(40-32(42)39-26-17-14-13-15-18-26)24-35(22-19-25(4)5)28(38-9)23-27(36)30(34)31(35)37/h13-15,17-19,23,29-30H,10-12,16,20-22,24H2,1-9H3. The van der Waals surface area contributed by atoms with Crippen LogP contribution in [-0.2, 0) is 23.5 Å². The molecule has 4 atom stereocenters. The minimum atomic E-state index is -1.81. The van der Waals surface area contributed by atoms with E-state index in [-0.39, 0.29) is 22.4 Å². The smallest absolute Gasteiger partial charge is 0.358 e. The second-order valence-electron chi connectivity index (χ2n) is 13.4. The molecule has 2 bridgehead atoms. The third kappa shape index (κ3) is 7.69. The number of carbonyl (C=O) groups excluding carboxylic acids is 2. The van der Waals surface area contributed by atoms with Crippen molar-refractivity contribution < 1.29 is 28.2 Å². The monoisotopic (exact) mass is 628 g/mol. The zero-order valence-electron chi connectivity index (χ0n) is 27.7. The Labute approximate surface area is 265 Å². The lowest BCUT2D eigenvalue weighted by atomic mass is 9.50. The van der Waals surface area contributed by atoms with Gasteiger partial charge in [0.25, 0.3) is 0 Å². The second kappa shape index (κ2) is 14.2. The number of hydrogen-bond donors (Lipinski definition) is 0. The molecule has 0 aromatic heterocycles. The Hall–Kier alpha value is -2.29. The average molecular weight is 629 g/mol. The minimum absolute atomic E-state index is 0.0177. The minimum Gasteiger partial charge on any atom is -0.500 e. The van der Waals surface area contributed by atoms with Crippen molar-refractivity contribution in [2.45, 2.75) is 117 Å². The molecule has 1 aromatic carbocycles. The van der Waals surface area contributed by atoms with Crippen LogP contribution in [0.2, 0.25) is 18.1 Å². The number of thiocarbonyl (C=S) groups is 1. The molecule has 0 saturated heterocycles. The van der Waals surface area contributed by atoms with Crippen LogP contribution in [0.3, 0.4) is 0 Å². The number of benzene rings is 1. The van der Waals surface area contributed by atoms with Crippen molar-refractivity contribution in [3.8, 4) is 5.75 Å². The van der Waals surface area contributed by atoms with Crippen molar-refractivity contribution in [3.05, 3.63) is 53.8 Å². The highest BCUT2D eigenvalue weighted by Gasteiger charge is 2.65. The fraction of sp³-hybridized carbons (Fsp3) is 0.629. The Kier molecular flexibility index (Phi) is 11.6. The average Bonchev–Trinajstić information content (AvgIpc) is 2.95. The predicted octanol–water partition coefficient (Wildman–Crippen LogP) is 8.76. The van der Waals surface area contributed by atoms with Gasteiger partial charge in [-0.2, -0.15) is 0 Å². The van der Waals surface area contributed by atoms with Crippen LogP contribution in [0.4, 0.5) is 0 Å². The lowest BCUT2D eigenvalue weighted by Gasteiger charge is -2.54. The maximum Gasteiger partial charge on any atom is 0.358 e. The van der Waals surface area contributed by atoms with Crippen LogP contribution in [0.25, 0.3) is 0 Å². The molecule has 4 unspecified atom stereocenters.